The highest BCUT2D eigenvalue weighted by Crippen LogP contribution is 2.15. The maximum atomic E-state index is 12.1. The van der Waals surface area contributed by atoms with Crippen LogP contribution in [0.3, 0.4) is 0 Å². The number of rotatable bonds is 8. The van der Waals surface area contributed by atoms with Crippen LogP contribution in [-0.4, -0.2) is 37.8 Å². The number of carbonyl (C=O) groups excluding carboxylic acids is 1. The number of aromatic nitrogens is 1. The summed E-state index contributed by atoms with van der Waals surface area (Å²) in [6.45, 7) is 8.04. The summed E-state index contributed by atoms with van der Waals surface area (Å²) in [5, 5.41) is 10.3. The van der Waals surface area contributed by atoms with Gasteiger partial charge in [-0.2, -0.15) is 0 Å². The molecular formula is C13H24N3O3P. The van der Waals surface area contributed by atoms with Crippen molar-refractivity contribution in [2.45, 2.75) is 27.2 Å². The highest BCUT2D eigenvalue weighted by atomic mass is 31.0. The summed E-state index contributed by atoms with van der Waals surface area (Å²) in [5.41, 5.74) is 0.220. The predicted octanol–water partition coefficient (Wildman–Crippen LogP) is 0.939. The molecule has 0 radical (unpaired) electrons. The molecule has 0 bridgehead atoms. The Morgan fingerprint density at radius 1 is 1.45 bits per heavy atom. The highest BCUT2D eigenvalue weighted by molar-refractivity contribution is 7.28. The van der Waals surface area contributed by atoms with Crippen LogP contribution in [-0.2, 0) is 0 Å². The van der Waals surface area contributed by atoms with E-state index in [0.29, 0.717) is 18.5 Å². The molecule has 1 amide bonds. The molecule has 20 heavy (non-hydrogen) atoms. The van der Waals surface area contributed by atoms with Gasteiger partial charge in [-0.05, 0) is 18.9 Å². The van der Waals surface area contributed by atoms with Crippen LogP contribution < -0.4 is 20.7 Å². The largest absolute Gasteiger partial charge is 0.463 e. The molecule has 1 aromatic heterocycles. The Balaban J connectivity index is 2.62. The third kappa shape index (κ3) is 4.76. The first-order chi connectivity index (χ1) is 9.41. The molecule has 7 heteroatoms. The van der Waals surface area contributed by atoms with Crippen LogP contribution in [0.2, 0.25) is 0 Å². The van der Waals surface area contributed by atoms with Crippen LogP contribution in [0, 0.1) is 5.41 Å². The standard InChI is InChI=1S/C13H24N3O3P/c1-5-6-18-12-10(20)9(16-19-12)11(17)15-8-13(2,3)7-14-4/h14H,5-8,20H2,1-4H3,(H,15,17). The van der Waals surface area contributed by atoms with Crippen LogP contribution in [0.5, 0.6) is 5.95 Å². The van der Waals surface area contributed by atoms with Crippen molar-refractivity contribution in [3.05, 3.63) is 5.69 Å². The van der Waals surface area contributed by atoms with Gasteiger partial charge in [-0.1, -0.05) is 35.2 Å². The second-order valence-corrected chi connectivity index (χ2v) is 6.04. The molecule has 1 rings (SSSR count). The van der Waals surface area contributed by atoms with Gasteiger partial charge in [0.25, 0.3) is 5.91 Å². The fraction of sp³-hybridized carbons (Fsp3) is 0.692. The Kier molecular flexibility index (Phi) is 6.43. The molecule has 1 heterocycles. The van der Waals surface area contributed by atoms with Gasteiger partial charge >= 0.3 is 5.95 Å². The fourth-order valence-electron chi connectivity index (χ4n) is 1.69. The predicted molar refractivity (Wildman–Crippen MR) is 81.7 cm³/mol. The molecule has 6 nitrogen and oxygen atoms in total. The molecule has 1 atom stereocenters. The van der Waals surface area contributed by atoms with E-state index in [1.807, 2.05) is 14.0 Å². The summed E-state index contributed by atoms with van der Waals surface area (Å²) < 4.78 is 10.4. The molecule has 2 N–H and O–H groups in total. The minimum Gasteiger partial charge on any atom is -0.463 e. The van der Waals surface area contributed by atoms with Gasteiger partial charge in [0.15, 0.2) is 5.69 Å². The number of ether oxygens (including phenoxy) is 1. The summed E-state index contributed by atoms with van der Waals surface area (Å²) in [4.78, 5) is 12.1. The lowest BCUT2D eigenvalue weighted by Gasteiger charge is -2.24. The zero-order valence-corrected chi connectivity index (χ0v) is 13.7. The third-order valence-electron chi connectivity index (χ3n) is 2.73. The van der Waals surface area contributed by atoms with Crippen molar-refractivity contribution in [2.75, 3.05) is 26.7 Å². The van der Waals surface area contributed by atoms with Gasteiger partial charge in [0.05, 0.1) is 11.9 Å². The Bertz CT molecular complexity index is 446. The summed E-state index contributed by atoms with van der Waals surface area (Å²) in [5.74, 6) is 0.0331. The van der Waals surface area contributed by atoms with Gasteiger partial charge in [-0.15, -0.1) is 0 Å². The van der Waals surface area contributed by atoms with Crippen molar-refractivity contribution < 1.29 is 14.1 Å². The number of nitrogens with zero attached hydrogens (tertiary/aromatic N) is 1. The van der Waals surface area contributed by atoms with Crippen molar-refractivity contribution >= 4 is 20.5 Å². The van der Waals surface area contributed by atoms with E-state index in [2.05, 4.69) is 38.9 Å². The van der Waals surface area contributed by atoms with Crippen molar-refractivity contribution in [3.8, 4) is 5.95 Å². The normalized spacial score (nSPS) is 11.4. The van der Waals surface area contributed by atoms with Crippen molar-refractivity contribution in [1.29, 1.82) is 0 Å². The van der Waals surface area contributed by atoms with E-state index >= 15 is 0 Å². The van der Waals surface area contributed by atoms with Gasteiger partial charge < -0.3 is 19.9 Å². The zero-order valence-electron chi connectivity index (χ0n) is 12.6. The monoisotopic (exact) mass is 301 g/mol. The molecule has 0 aliphatic carbocycles. The van der Waals surface area contributed by atoms with Gasteiger partial charge in [-0.3, -0.25) is 4.79 Å². The molecule has 0 saturated carbocycles. The Labute approximate surface area is 122 Å². The summed E-state index contributed by atoms with van der Waals surface area (Å²) in [6, 6.07) is 0. The van der Waals surface area contributed by atoms with Gasteiger partial charge in [0, 0.05) is 13.1 Å². The molecule has 0 aromatic carbocycles. The van der Waals surface area contributed by atoms with Crippen molar-refractivity contribution in [1.82, 2.24) is 15.8 Å². The first-order valence-electron chi connectivity index (χ1n) is 6.72. The van der Waals surface area contributed by atoms with Gasteiger partial charge in [0.1, 0.15) is 0 Å². The average molecular weight is 301 g/mol. The lowest BCUT2D eigenvalue weighted by Crippen LogP contribution is -2.40. The topological polar surface area (TPSA) is 76.4 Å². The molecular weight excluding hydrogens is 277 g/mol. The molecule has 1 aromatic rings. The van der Waals surface area contributed by atoms with Gasteiger partial charge in [0.2, 0.25) is 0 Å². The van der Waals surface area contributed by atoms with Crippen LogP contribution >= 0.6 is 9.24 Å². The quantitative estimate of drug-likeness (QED) is 0.699. The number of nitrogens with one attached hydrogen (secondary N) is 2. The van der Waals surface area contributed by atoms with E-state index in [1.54, 1.807) is 0 Å². The molecule has 0 spiro atoms. The lowest BCUT2D eigenvalue weighted by atomic mass is 9.93. The molecule has 0 aliphatic heterocycles. The van der Waals surface area contributed by atoms with E-state index < -0.39 is 0 Å². The van der Waals surface area contributed by atoms with Crippen LogP contribution in [0.25, 0.3) is 0 Å². The summed E-state index contributed by atoms with van der Waals surface area (Å²) >= 11 is 0. The minimum atomic E-state index is -0.255. The first-order valence-corrected chi connectivity index (χ1v) is 7.29. The van der Waals surface area contributed by atoms with E-state index in [4.69, 9.17) is 9.26 Å². The van der Waals surface area contributed by atoms with Crippen molar-refractivity contribution in [2.24, 2.45) is 5.41 Å². The average Bonchev–Trinajstić information content (AvgIpc) is 2.75. The number of carbonyl (C=O) groups is 1. The molecule has 0 fully saturated rings. The smallest absolute Gasteiger partial charge is 0.319 e. The van der Waals surface area contributed by atoms with Crippen LogP contribution in [0.4, 0.5) is 0 Å². The van der Waals surface area contributed by atoms with Crippen molar-refractivity contribution in [3.63, 3.8) is 0 Å². The minimum absolute atomic E-state index is 0.0310. The fourth-order valence-corrected chi connectivity index (χ4v) is 2.01. The van der Waals surface area contributed by atoms with Crippen LogP contribution in [0.15, 0.2) is 4.52 Å². The molecule has 0 saturated heterocycles. The Hall–Kier alpha value is -1.13. The number of hydrogen-bond acceptors (Lipinski definition) is 5. The number of hydrogen-bond donors (Lipinski definition) is 2. The van der Waals surface area contributed by atoms with Crippen LogP contribution in [0.1, 0.15) is 37.7 Å². The SMILES string of the molecule is CCCOc1onc(C(=O)NCC(C)(C)CNC)c1P. The Morgan fingerprint density at radius 2 is 2.15 bits per heavy atom. The highest BCUT2D eigenvalue weighted by Gasteiger charge is 2.23. The third-order valence-corrected chi connectivity index (χ3v) is 3.24. The van der Waals surface area contributed by atoms with E-state index in [-0.39, 0.29) is 23.0 Å². The Morgan fingerprint density at radius 3 is 2.75 bits per heavy atom. The second-order valence-electron chi connectivity index (χ2n) is 5.46. The van der Waals surface area contributed by atoms with Gasteiger partial charge in [-0.25, -0.2) is 0 Å². The maximum Gasteiger partial charge on any atom is 0.319 e. The zero-order chi connectivity index (χ0) is 15.2. The molecule has 1 unspecified atom stereocenters. The van der Waals surface area contributed by atoms with E-state index in [9.17, 15) is 4.79 Å². The maximum absolute atomic E-state index is 12.1. The molecule has 0 aliphatic rings. The second kappa shape index (κ2) is 7.60. The summed E-state index contributed by atoms with van der Waals surface area (Å²) in [7, 11) is 4.33. The summed E-state index contributed by atoms with van der Waals surface area (Å²) in [6.07, 6.45) is 0.866. The molecule has 114 valence electrons. The number of amides is 1. The van der Waals surface area contributed by atoms with E-state index in [1.165, 1.54) is 0 Å². The van der Waals surface area contributed by atoms with E-state index in [0.717, 1.165) is 13.0 Å². The lowest BCUT2D eigenvalue weighted by molar-refractivity contribution is 0.0928. The first kappa shape index (κ1) is 16.9.